The number of phenols is 1. The molecular formula is C31H32ClNO6. The van der Waals surface area contributed by atoms with Gasteiger partial charge in [-0.25, -0.2) is 4.79 Å². The monoisotopic (exact) mass is 549 g/mol. The molecule has 39 heavy (non-hydrogen) atoms. The molecule has 3 amide bonds. The van der Waals surface area contributed by atoms with Gasteiger partial charge in [-0.05, 0) is 71.7 Å². The number of likely N-dealkylation sites (tertiary alicyclic amines) is 1. The number of amides is 3. The van der Waals surface area contributed by atoms with E-state index in [0.29, 0.717) is 35.8 Å². The number of hydrogen-bond donors (Lipinski definition) is 1. The number of carbonyl (C=O) groups excluding carboxylic acids is 3. The summed E-state index contributed by atoms with van der Waals surface area (Å²) in [7, 11) is 1.17. The molecule has 1 N–H and O–H groups in total. The number of nitrogens with zero attached hydrogens (tertiary/aromatic N) is 1. The maximum Gasteiger partial charge on any atom is 0.423 e. The minimum atomic E-state index is -0.923. The highest BCUT2D eigenvalue weighted by molar-refractivity contribution is 6.32. The van der Waals surface area contributed by atoms with E-state index in [2.05, 4.69) is 13.8 Å². The highest BCUT2D eigenvalue weighted by atomic mass is 35.5. The normalized spacial score (nSPS) is 24.8. The highest BCUT2D eigenvalue weighted by Crippen LogP contribution is 2.51. The molecular weight excluding hydrogens is 518 g/mol. The predicted molar refractivity (Wildman–Crippen MR) is 148 cm³/mol. The second-order valence-corrected chi connectivity index (χ2v) is 11.1. The summed E-state index contributed by atoms with van der Waals surface area (Å²) in [5.41, 5.74) is 5.18. The molecule has 0 spiro atoms. The highest BCUT2D eigenvalue weighted by Gasteiger charge is 2.59. The molecule has 204 valence electrons. The summed E-state index contributed by atoms with van der Waals surface area (Å²) < 4.78 is 11.1. The standard InChI is InChI=1S/C31H32ClNO6/c1-17(2)22-15-23-28(30(36)33(29(23)35)31(37)38-3)24-16-39-26(27(22)24)12-10-19(18-7-5-4-6-8-18)13-20-9-11-21(34)14-25(20)32/h4-9,11,13-14,17,23-24,26,28,34H,10,12,15-16H2,1-3H3/b19-13-/t23-,24+,26-,28-/m1/s1. The fourth-order valence-electron chi connectivity index (χ4n) is 6.29. The number of hydrogen-bond acceptors (Lipinski definition) is 6. The number of methoxy groups -OCH3 is 1. The van der Waals surface area contributed by atoms with Crippen molar-refractivity contribution in [1.82, 2.24) is 4.90 Å². The predicted octanol–water partition coefficient (Wildman–Crippen LogP) is 6.11. The largest absolute Gasteiger partial charge is 0.508 e. The molecule has 0 bridgehead atoms. The average Bonchev–Trinajstić information content (AvgIpc) is 3.45. The van der Waals surface area contributed by atoms with Crippen LogP contribution >= 0.6 is 11.6 Å². The molecule has 8 heteroatoms. The summed E-state index contributed by atoms with van der Waals surface area (Å²) in [5.74, 6) is -2.11. The first-order valence-corrected chi connectivity index (χ1v) is 13.6. The van der Waals surface area contributed by atoms with Gasteiger partial charge in [-0.3, -0.25) is 9.59 Å². The maximum absolute atomic E-state index is 13.3. The van der Waals surface area contributed by atoms with Crippen LogP contribution in [0.1, 0.15) is 44.2 Å². The molecule has 0 saturated carbocycles. The summed E-state index contributed by atoms with van der Waals surface area (Å²) in [6, 6.07) is 15.0. The van der Waals surface area contributed by atoms with Crippen LogP contribution in [-0.2, 0) is 19.1 Å². The molecule has 4 atom stereocenters. The second kappa shape index (κ2) is 11.0. The Morgan fingerprint density at radius 2 is 1.90 bits per heavy atom. The van der Waals surface area contributed by atoms with Crippen molar-refractivity contribution in [2.24, 2.45) is 23.7 Å². The smallest absolute Gasteiger partial charge is 0.423 e. The number of aromatic hydroxyl groups is 1. The van der Waals surface area contributed by atoms with Gasteiger partial charge in [0, 0.05) is 5.92 Å². The first-order chi connectivity index (χ1) is 18.7. The molecule has 2 heterocycles. The Morgan fingerprint density at radius 1 is 1.15 bits per heavy atom. The first-order valence-electron chi connectivity index (χ1n) is 13.3. The SMILES string of the molecule is COC(=O)N1C(=O)[C@@H]2[C@@H](CC(C(C)C)=C3[C@@H](CC/C(=C/c4ccc(O)cc4Cl)c4ccccc4)OC[C@@H]32)C1=O. The molecule has 2 saturated heterocycles. The summed E-state index contributed by atoms with van der Waals surface area (Å²) >= 11 is 6.42. The van der Waals surface area contributed by atoms with Gasteiger partial charge in [-0.1, -0.05) is 61.4 Å². The topological polar surface area (TPSA) is 93.1 Å². The van der Waals surface area contributed by atoms with Gasteiger partial charge in [0.2, 0.25) is 11.8 Å². The van der Waals surface area contributed by atoms with E-state index >= 15 is 0 Å². The van der Waals surface area contributed by atoms with Gasteiger partial charge >= 0.3 is 6.09 Å². The Balaban J connectivity index is 1.45. The third-order valence-electron chi connectivity index (χ3n) is 8.13. The van der Waals surface area contributed by atoms with Crippen LogP contribution in [0.2, 0.25) is 5.02 Å². The lowest BCUT2D eigenvalue weighted by Gasteiger charge is -2.33. The van der Waals surface area contributed by atoms with E-state index in [1.807, 2.05) is 36.4 Å². The quantitative estimate of drug-likeness (QED) is 0.266. The summed E-state index contributed by atoms with van der Waals surface area (Å²) in [6.45, 7) is 4.52. The Bertz CT molecular complexity index is 1360. The van der Waals surface area contributed by atoms with E-state index in [-0.39, 0.29) is 23.7 Å². The number of allylic oxidation sites excluding steroid dienone is 2. The molecule has 2 aromatic carbocycles. The number of phenolic OH excluding ortho intramolecular Hbond substituents is 1. The van der Waals surface area contributed by atoms with Crippen molar-refractivity contribution in [1.29, 1.82) is 0 Å². The van der Waals surface area contributed by atoms with Crippen LogP contribution in [-0.4, -0.2) is 47.7 Å². The van der Waals surface area contributed by atoms with Crippen LogP contribution in [0, 0.1) is 23.7 Å². The van der Waals surface area contributed by atoms with Crippen LogP contribution in [0.4, 0.5) is 4.79 Å². The van der Waals surface area contributed by atoms with Crippen LogP contribution in [0.3, 0.4) is 0 Å². The van der Waals surface area contributed by atoms with Crippen molar-refractivity contribution >= 4 is 41.2 Å². The van der Waals surface area contributed by atoms with E-state index in [0.717, 1.165) is 27.8 Å². The van der Waals surface area contributed by atoms with Crippen molar-refractivity contribution < 1.29 is 29.0 Å². The molecule has 0 radical (unpaired) electrons. The Labute approximate surface area is 233 Å². The fraction of sp³-hybridized carbons (Fsp3) is 0.387. The molecule has 2 aliphatic heterocycles. The first kappa shape index (κ1) is 27.2. The molecule has 3 aliphatic rings. The van der Waals surface area contributed by atoms with E-state index < -0.39 is 29.7 Å². The number of carbonyl (C=O) groups is 3. The third-order valence-corrected chi connectivity index (χ3v) is 8.46. The number of rotatable bonds is 6. The molecule has 2 aromatic rings. The van der Waals surface area contributed by atoms with Gasteiger partial charge in [0.15, 0.2) is 0 Å². The van der Waals surface area contributed by atoms with Gasteiger partial charge in [0.1, 0.15) is 5.75 Å². The minimum absolute atomic E-state index is 0.110. The van der Waals surface area contributed by atoms with E-state index in [1.165, 1.54) is 13.2 Å². The van der Waals surface area contributed by atoms with Gasteiger partial charge in [-0.15, -0.1) is 0 Å². The molecule has 5 rings (SSSR count). The molecule has 1 aliphatic carbocycles. The summed E-state index contributed by atoms with van der Waals surface area (Å²) in [4.78, 5) is 39.3. The average molecular weight is 550 g/mol. The molecule has 7 nitrogen and oxygen atoms in total. The molecule has 0 aromatic heterocycles. The molecule has 0 unspecified atom stereocenters. The Kier molecular flexibility index (Phi) is 7.65. The van der Waals surface area contributed by atoms with Crippen LogP contribution in [0.25, 0.3) is 11.6 Å². The van der Waals surface area contributed by atoms with Crippen molar-refractivity contribution in [3.05, 3.63) is 75.8 Å². The zero-order valence-electron chi connectivity index (χ0n) is 22.2. The number of imide groups is 3. The summed E-state index contributed by atoms with van der Waals surface area (Å²) in [5, 5.41) is 10.2. The lowest BCUT2D eigenvalue weighted by atomic mass is 9.67. The number of ether oxygens (including phenoxy) is 2. The molecule has 2 fully saturated rings. The van der Waals surface area contributed by atoms with Gasteiger partial charge in [0.05, 0.1) is 36.7 Å². The van der Waals surface area contributed by atoms with Gasteiger partial charge in [-0.2, -0.15) is 4.90 Å². The Morgan fingerprint density at radius 3 is 2.56 bits per heavy atom. The lowest BCUT2D eigenvalue weighted by Crippen LogP contribution is -2.38. The lowest BCUT2D eigenvalue weighted by molar-refractivity contribution is -0.137. The Hall–Kier alpha value is -3.42. The summed E-state index contributed by atoms with van der Waals surface area (Å²) in [6.07, 6.45) is 2.71. The maximum atomic E-state index is 13.3. The van der Waals surface area contributed by atoms with Crippen molar-refractivity contribution in [2.75, 3.05) is 13.7 Å². The number of benzene rings is 2. The van der Waals surface area contributed by atoms with Crippen LogP contribution < -0.4 is 0 Å². The minimum Gasteiger partial charge on any atom is -0.508 e. The van der Waals surface area contributed by atoms with E-state index in [9.17, 15) is 19.5 Å². The van der Waals surface area contributed by atoms with E-state index in [1.54, 1.807) is 12.1 Å². The van der Waals surface area contributed by atoms with Crippen LogP contribution in [0.15, 0.2) is 59.7 Å². The van der Waals surface area contributed by atoms with Gasteiger partial charge < -0.3 is 14.6 Å². The zero-order valence-corrected chi connectivity index (χ0v) is 23.0. The zero-order chi connectivity index (χ0) is 27.8. The fourth-order valence-corrected chi connectivity index (χ4v) is 6.52. The van der Waals surface area contributed by atoms with Gasteiger partial charge in [0.25, 0.3) is 0 Å². The van der Waals surface area contributed by atoms with Crippen molar-refractivity contribution in [3.63, 3.8) is 0 Å². The number of halogens is 1. The second-order valence-electron chi connectivity index (χ2n) is 10.7. The van der Waals surface area contributed by atoms with E-state index in [4.69, 9.17) is 21.1 Å². The number of fused-ring (bicyclic) bond motifs is 3. The third kappa shape index (κ3) is 5.01. The van der Waals surface area contributed by atoms with Crippen LogP contribution in [0.5, 0.6) is 5.75 Å². The van der Waals surface area contributed by atoms with Crippen molar-refractivity contribution in [3.8, 4) is 5.75 Å². The van der Waals surface area contributed by atoms with Crippen molar-refractivity contribution in [2.45, 2.75) is 39.2 Å².